The van der Waals surface area contributed by atoms with E-state index >= 15 is 4.39 Å². The highest BCUT2D eigenvalue weighted by atomic mass is 35.5. The van der Waals surface area contributed by atoms with Gasteiger partial charge in [-0.3, -0.25) is 9.78 Å². The van der Waals surface area contributed by atoms with Gasteiger partial charge in [0.2, 0.25) is 0 Å². The maximum Gasteiger partial charge on any atom is 0.261 e. The van der Waals surface area contributed by atoms with Crippen molar-refractivity contribution in [2.24, 2.45) is 0 Å². The van der Waals surface area contributed by atoms with E-state index < -0.39 is 11.9 Å². The molecule has 0 radical (unpaired) electrons. The fourth-order valence-corrected chi connectivity index (χ4v) is 6.10. The van der Waals surface area contributed by atoms with Crippen LogP contribution in [-0.2, 0) is 29.0 Å². The number of nitrogens with one attached hydrogen (secondary N) is 1. The number of pyridine rings is 2. The lowest BCUT2D eigenvalue weighted by atomic mass is 9.97. The molecule has 4 aliphatic rings. The first-order chi connectivity index (χ1) is 19.6. The number of morpholine rings is 1. The first-order valence-corrected chi connectivity index (χ1v) is 14.3. The van der Waals surface area contributed by atoms with Crippen molar-refractivity contribution in [1.82, 2.24) is 29.7 Å². The molecule has 3 aromatic heterocycles. The van der Waals surface area contributed by atoms with Gasteiger partial charge in [-0.2, -0.15) is 0 Å². The summed E-state index contributed by atoms with van der Waals surface area (Å²) in [6, 6.07) is 4.46. The van der Waals surface area contributed by atoms with Gasteiger partial charge < -0.3 is 29.2 Å². The van der Waals surface area contributed by atoms with E-state index in [1.54, 1.807) is 23.2 Å². The Bertz CT molecular complexity index is 1440. The molecule has 1 atom stereocenters. The molecule has 12 heteroatoms. The van der Waals surface area contributed by atoms with Crippen molar-refractivity contribution in [3.8, 4) is 5.75 Å². The zero-order valence-corrected chi connectivity index (χ0v) is 22.9. The number of nitrogens with zero attached hydrogens (tertiary/aromatic N) is 6. The van der Waals surface area contributed by atoms with Gasteiger partial charge in [0, 0.05) is 45.3 Å². The number of ether oxygens (including phenoxy) is 2. The molecule has 1 unspecified atom stereocenters. The lowest BCUT2D eigenvalue weighted by molar-refractivity contribution is -0.135. The van der Waals surface area contributed by atoms with Gasteiger partial charge in [-0.1, -0.05) is 11.6 Å². The standard InChI is InChI=1S/C28H31ClFN7O3/c29-28-21(3-4-22(34-28)35-9-11-39-12-10-35)40-16-24(38)37-7-5-20-26(36-8-6-31-15-23(36)33-20)27(37)25-19(30)13-18(14-32-25)17-1-2-17/h3-4,13-14,17,27,31H,1-2,5-12,15-16H2. The normalized spacial score (nSPS) is 20.7. The van der Waals surface area contributed by atoms with Gasteiger partial charge in [-0.25, -0.2) is 14.4 Å². The molecule has 1 saturated carbocycles. The second-order valence-electron chi connectivity index (χ2n) is 10.7. The largest absolute Gasteiger partial charge is 0.481 e. The zero-order valence-electron chi connectivity index (χ0n) is 22.1. The molecule has 0 spiro atoms. The molecule has 7 rings (SSSR count). The number of hydrogen-bond acceptors (Lipinski definition) is 8. The van der Waals surface area contributed by atoms with Crippen LogP contribution in [0.3, 0.4) is 0 Å². The molecule has 1 amide bonds. The molecule has 1 saturated heterocycles. The van der Waals surface area contributed by atoms with Crippen LogP contribution in [0.2, 0.25) is 5.15 Å². The number of imidazole rings is 1. The number of hydrogen-bond donors (Lipinski definition) is 1. The second-order valence-corrected chi connectivity index (χ2v) is 11.0. The number of aromatic nitrogens is 4. The summed E-state index contributed by atoms with van der Waals surface area (Å²) < 4.78 is 29.1. The predicted molar refractivity (Wildman–Crippen MR) is 145 cm³/mol. The number of carbonyl (C=O) groups excluding carboxylic acids is 1. The summed E-state index contributed by atoms with van der Waals surface area (Å²) in [7, 11) is 0. The molecule has 0 aromatic carbocycles. The van der Waals surface area contributed by atoms with Crippen molar-refractivity contribution in [3.05, 3.63) is 63.8 Å². The lowest BCUT2D eigenvalue weighted by Gasteiger charge is -2.36. The van der Waals surface area contributed by atoms with Crippen molar-refractivity contribution in [2.75, 3.05) is 50.9 Å². The molecule has 6 heterocycles. The van der Waals surface area contributed by atoms with Crippen molar-refractivity contribution in [1.29, 1.82) is 0 Å². The summed E-state index contributed by atoms with van der Waals surface area (Å²) in [5, 5.41) is 3.53. The monoisotopic (exact) mass is 567 g/mol. The first-order valence-electron chi connectivity index (χ1n) is 13.9. The number of amides is 1. The quantitative estimate of drug-likeness (QED) is 0.454. The molecule has 3 aromatic rings. The third-order valence-electron chi connectivity index (χ3n) is 8.12. The highest BCUT2D eigenvalue weighted by molar-refractivity contribution is 6.31. The van der Waals surface area contributed by atoms with Gasteiger partial charge in [0.15, 0.2) is 17.5 Å². The van der Waals surface area contributed by atoms with Gasteiger partial charge in [0.1, 0.15) is 29.2 Å². The Labute approximate surface area is 236 Å². The van der Waals surface area contributed by atoms with E-state index in [1.807, 2.05) is 6.07 Å². The third-order valence-corrected chi connectivity index (χ3v) is 8.39. The fourth-order valence-electron chi connectivity index (χ4n) is 5.90. The molecule has 0 bridgehead atoms. The van der Waals surface area contributed by atoms with E-state index in [0.717, 1.165) is 61.1 Å². The Morgan fingerprint density at radius 3 is 2.80 bits per heavy atom. The maximum absolute atomic E-state index is 15.7. The Hall–Kier alpha value is -3.28. The summed E-state index contributed by atoms with van der Waals surface area (Å²) in [6.07, 6.45) is 4.46. The Morgan fingerprint density at radius 2 is 2.02 bits per heavy atom. The average Bonchev–Trinajstić information content (AvgIpc) is 3.76. The Kier molecular flexibility index (Phi) is 6.81. The van der Waals surface area contributed by atoms with Crippen LogP contribution in [0.25, 0.3) is 0 Å². The van der Waals surface area contributed by atoms with E-state index in [-0.39, 0.29) is 23.4 Å². The van der Waals surface area contributed by atoms with E-state index in [1.165, 1.54) is 0 Å². The predicted octanol–water partition coefficient (Wildman–Crippen LogP) is 2.84. The summed E-state index contributed by atoms with van der Waals surface area (Å²) >= 11 is 6.44. The van der Waals surface area contributed by atoms with Gasteiger partial charge in [0.05, 0.1) is 31.1 Å². The van der Waals surface area contributed by atoms with Crippen LogP contribution in [0.5, 0.6) is 5.75 Å². The van der Waals surface area contributed by atoms with Gasteiger partial charge in [-0.05, 0) is 42.5 Å². The van der Waals surface area contributed by atoms with Crippen LogP contribution in [0.4, 0.5) is 10.2 Å². The van der Waals surface area contributed by atoms with Crippen LogP contribution in [-0.4, -0.2) is 76.3 Å². The minimum Gasteiger partial charge on any atom is -0.481 e. The first kappa shape index (κ1) is 25.7. The summed E-state index contributed by atoms with van der Waals surface area (Å²) in [5.74, 6) is 1.68. The fraction of sp³-hybridized carbons (Fsp3) is 0.500. The molecular formula is C28H31ClFN7O3. The number of rotatable bonds is 6. The van der Waals surface area contributed by atoms with Crippen molar-refractivity contribution in [2.45, 2.75) is 44.3 Å². The summed E-state index contributed by atoms with van der Waals surface area (Å²) in [4.78, 5) is 31.4. The SMILES string of the molecule is O=C(COc1ccc(N2CCOCC2)nc1Cl)N1CCc2nc3n(c2C1c1ncc(C2CC2)cc1F)CCNC3. The number of halogens is 2. The van der Waals surface area contributed by atoms with Crippen molar-refractivity contribution >= 4 is 23.3 Å². The maximum atomic E-state index is 15.7. The molecule has 10 nitrogen and oxygen atoms in total. The van der Waals surface area contributed by atoms with E-state index in [0.29, 0.717) is 50.9 Å². The van der Waals surface area contributed by atoms with Crippen LogP contribution in [0.15, 0.2) is 24.4 Å². The molecule has 1 N–H and O–H groups in total. The molecule has 1 aliphatic carbocycles. The van der Waals surface area contributed by atoms with Crippen LogP contribution >= 0.6 is 11.6 Å². The Balaban J connectivity index is 1.16. The average molecular weight is 568 g/mol. The lowest BCUT2D eigenvalue weighted by Crippen LogP contribution is -2.44. The van der Waals surface area contributed by atoms with Gasteiger partial charge >= 0.3 is 0 Å². The molecule has 40 heavy (non-hydrogen) atoms. The topological polar surface area (TPSA) is 97.6 Å². The van der Waals surface area contributed by atoms with Crippen LogP contribution < -0.4 is 15.0 Å². The summed E-state index contributed by atoms with van der Waals surface area (Å²) in [5.41, 5.74) is 2.90. The Morgan fingerprint density at radius 1 is 1.18 bits per heavy atom. The van der Waals surface area contributed by atoms with E-state index in [4.69, 9.17) is 26.1 Å². The number of carbonyl (C=O) groups is 1. The smallest absolute Gasteiger partial charge is 0.261 e. The number of fused-ring (bicyclic) bond motifs is 3. The molecular weight excluding hydrogens is 537 g/mol. The van der Waals surface area contributed by atoms with Gasteiger partial charge in [-0.15, -0.1) is 0 Å². The molecule has 210 valence electrons. The second kappa shape index (κ2) is 10.6. The van der Waals surface area contributed by atoms with Crippen molar-refractivity contribution in [3.63, 3.8) is 0 Å². The summed E-state index contributed by atoms with van der Waals surface area (Å²) in [6.45, 7) is 5.00. The van der Waals surface area contributed by atoms with Gasteiger partial charge in [0.25, 0.3) is 5.91 Å². The highest BCUT2D eigenvalue weighted by Gasteiger charge is 2.40. The molecule has 2 fully saturated rings. The minimum atomic E-state index is -0.690. The van der Waals surface area contributed by atoms with Crippen molar-refractivity contribution < 1.29 is 18.7 Å². The van der Waals surface area contributed by atoms with Crippen LogP contribution in [0.1, 0.15) is 53.3 Å². The van der Waals surface area contributed by atoms with E-state index in [2.05, 4.69) is 24.8 Å². The van der Waals surface area contributed by atoms with E-state index in [9.17, 15) is 4.79 Å². The highest BCUT2D eigenvalue weighted by Crippen LogP contribution is 2.42. The minimum absolute atomic E-state index is 0.190. The third kappa shape index (κ3) is 4.80. The zero-order chi connectivity index (χ0) is 27.2. The molecule has 3 aliphatic heterocycles. The number of anilines is 1. The van der Waals surface area contributed by atoms with Crippen LogP contribution in [0, 0.1) is 5.82 Å².